The molecule has 0 spiro atoms. The summed E-state index contributed by atoms with van der Waals surface area (Å²) in [6, 6.07) is 0. The van der Waals surface area contributed by atoms with Gasteiger partial charge in [0.2, 0.25) is 0 Å². The second-order valence-electron chi connectivity index (χ2n) is 5.84. The highest BCUT2D eigenvalue weighted by atomic mass is 16.5. The van der Waals surface area contributed by atoms with Crippen LogP contribution in [0.15, 0.2) is 24.3 Å². The zero-order valence-corrected chi connectivity index (χ0v) is 12.7. The molecule has 0 fully saturated rings. The molecule has 0 bridgehead atoms. The monoisotopic (exact) mass is 292 g/mol. The van der Waals surface area contributed by atoms with Gasteiger partial charge in [-0.05, 0) is 25.3 Å². The van der Waals surface area contributed by atoms with E-state index in [1.54, 1.807) is 19.9 Å². The fourth-order valence-corrected chi connectivity index (χ4v) is 3.72. The van der Waals surface area contributed by atoms with Crippen molar-refractivity contribution in [1.29, 1.82) is 0 Å². The average molecular weight is 292 g/mol. The Balaban J connectivity index is 2.69. The number of hydrogen-bond donors (Lipinski definition) is 0. The van der Waals surface area contributed by atoms with E-state index in [0.717, 1.165) is 0 Å². The number of ether oxygens (including phenoxy) is 2. The second kappa shape index (κ2) is 5.13. The van der Waals surface area contributed by atoms with Gasteiger partial charge in [-0.3, -0.25) is 14.4 Å². The number of esters is 2. The van der Waals surface area contributed by atoms with Gasteiger partial charge in [0.15, 0.2) is 5.78 Å². The molecule has 0 heterocycles. The molecule has 0 unspecified atom stereocenters. The van der Waals surface area contributed by atoms with Gasteiger partial charge in [-0.1, -0.05) is 25.2 Å². The summed E-state index contributed by atoms with van der Waals surface area (Å²) >= 11 is 0. The zero-order chi connectivity index (χ0) is 15.8. The molecule has 0 aliphatic heterocycles. The first-order valence-electron chi connectivity index (χ1n) is 6.92. The van der Waals surface area contributed by atoms with Gasteiger partial charge in [0.1, 0.15) is 5.41 Å². The van der Waals surface area contributed by atoms with Crippen molar-refractivity contribution in [2.75, 3.05) is 14.2 Å². The van der Waals surface area contributed by atoms with Crippen molar-refractivity contribution in [3.05, 3.63) is 24.3 Å². The summed E-state index contributed by atoms with van der Waals surface area (Å²) in [6.45, 7) is 3.50. The Kier molecular flexibility index (Phi) is 3.78. The third-order valence-electron chi connectivity index (χ3n) is 4.93. The van der Waals surface area contributed by atoms with Crippen molar-refractivity contribution in [2.45, 2.75) is 20.3 Å². The van der Waals surface area contributed by atoms with Crippen molar-refractivity contribution in [3.8, 4) is 0 Å². The van der Waals surface area contributed by atoms with Gasteiger partial charge in [0.25, 0.3) is 0 Å². The van der Waals surface area contributed by atoms with E-state index in [9.17, 15) is 14.4 Å². The van der Waals surface area contributed by atoms with E-state index in [4.69, 9.17) is 9.47 Å². The Morgan fingerprint density at radius 1 is 1.24 bits per heavy atom. The minimum absolute atomic E-state index is 0.308. The molecule has 0 radical (unpaired) electrons. The Morgan fingerprint density at radius 2 is 1.86 bits per heavy atom. The molecule has 0 amide bonds. The third-order valence-corrected chi connectivity index (χ3v) is 4.93. The number of fused-ring (bicyclic) bond motifs is 1. The number of carbonyl (C=O) groups excluding carboxylic acids is 3. The summed E-state index contributed by atoms with van der Waals surface area (Å²) in [5.74, 6) is -2.20. The molecule has 0 aromatic rings. The average Bonchev–Trinajstić information content (AvgIpc) is 2.49. The minimum Gasteiger partial charge on any atom is -0.468 e. The van der Waals surface area contributed by atoms with Gasteiger partial charge >= 0.3 is 11.9 Å². The van der Waals surface area contributed by atoms with Crippen LogP contribution in [0, 0.1) is 22.7 Å². The van der Waals surface area contributed by atoms with Crippen LogP contribution in [-0.2, 0) is 23.9 Å². The van der Waals surface area contributed by atoms with Crippen LogP contribution in [0.25, 0.3) is 0 Å². The van der Waals surface area contributed by atoms with E-state index in [0.29, 0.717) is 6.42 Å². The third kappa shape index (κ3) is 1.87. The molecule has 2 aliphatic carbocycles. The normalized spacial score (nSPS) is 37.8. The Labute approximate surface area is 124 Å². The van der Waals surface area contributed by atoms with Gasteiger partial charge in [-0.15, -0.1) is 0 Å². The first-order chi connectivity index (χ1) is 9.85. The first-order valence-corrected chi connectivity index (χ1v) is 6.92. The summed E-state index contributed by atoms with van der Waals surface area (Å²) in [4.78, 5) is 37.3. The number of rotatable bonds is 2. The lowest BCUT2D eigenvalue weighted by molar-refractivity contribution is -0.174. The maximum Gasteiger partial charge on any atom is 0.320 e. The topological polar surface area (TPSA) is 69.7 Å². The van der Waals surface area contributed by atoms with Crippen LogP contribution >= 0.6 is 0 Å². The first kappa shape index (κ1) is 15.5. The standard InChI is InChI=1S/C16H20O5/c1-10-6-5-7-11-15(2,13(18)20-3)9-8-12(17)16(10,11)14(19)21-4/h5-6,8-11H,7H2,1-4H3/t10-,11-,15-,16+/m0/s1. The summed E-state index contributed by atoms with van der Waals surface area (Å²) in [5, 5.41) is 0. The molecule has 4 atom stereocenters. The number of allylic oxidation sites excluding steroid dienone is 3. The molecule has 2 aliphatic rings. The molecule has 0 aromatic carbocycles. The lowest BCUT2D eigenvalue weighted by Gasteiger charge is -2.49. The lowest BCUT2D eigenvalue weighted by atomic mass is 9.50. The quantitative estimate of drug-likeness (QED) is 0.440. The van der Waals surface area contributed by atoms with E-state index in [2.05, 4.69) is 0 Å². The van der Waals surface area contributed by atoms with Gasteiger partial charge in [-0.25, -0.2) is 0 Å². The fraction of sp³-hybridized carbons (Fsp3) is 0.562. The highest BCUT2D eigenvalue weighted by Gasteiger charge is 2.64. The molecule has 5 heteroatoms. The van der Waals surface area contributed by atoms with Crippen molar-refractivity contribution in [3.63, 3.8) is 0 Å². The lowest BCUT2D eigenvalue weighted by Crippen LogP contribution is -2.59. The molecular formula is C16H20O5. The SMILES string of the molecule is COC(=O)[C@@]12C(=O)C=C[C@](C)(C(=O)OC)[C@@H]1CC=C[C@@H]2C. The second-order valence-corrected chi connectivity index (χ2v) is 5.84. The molecule has 0 saturated heterocycles. The van der Waals surface area contributed by atoms with Crippen molar-refractivity contribution in [2.24, 2.45) is 22.7 Å². The van der Waals surface area contributed by atoms with Gasteiger partial charge in [-0.2, -0.15) is 0 Å². The van der Waals surface area contributed by atoms with Crippen LogP contribution in [0.1, 0.15) is 20.3 Å². The Hall–Kier alpha value is -1.91. The summed E-state index contributed by atoms with van der Waals surface area (Å²) in [7, 11) is 2.57. The van der Waals surface area contributed by atoms with Crippen molar-refractivity contribution < 1.29 is 23.9 Å². The van der Waals surface area contributed by atoms with E-state index < -0.39 is 28.7 Å². The molecule has 5 nitrogen and oxygen atoms in total. The molecule has 114 valence electrons. The zero-order valence-electron chi connectivity index (χ0n) is 12.7. The molecule has 0 saturated carbocycles. The Bertz CT molecular complexity index is 547. The summed E-state index contributed by atoms with van der Waals surface area (Å²) in [6.07, 6.45) is 7.06. The molecular weight excluding hydrogens is 272 g/mol. The van der Waals surface area contributed by atoms with E-state index >= 15 is 0 Å². The summed E-state index contributed by atoms with van der Waals surface area (Å²) in [5.41, 5.74) is -2.39. The predicted octanol–water partition coefficient (Wildman–Crippen LogP) is 1.68. The van der Waals surface area contributed by atoms with E-state index in [1.807, 2.05) is 12.2 Å². The maximum absolute atomic E-state index is 12.6. The summed E-state index contributed by atoms with van der Waals surface area (Å²) < 4.78 is 9.81. The number of hydrogen-bond acceptors (Lipinski definition) is 5. The van der Waals surface area contributed by atoms with Gasteiger partial charge in [0.05, 0.1) is 19.6 Å². The largest absolute Gasteiger partial charge is 0.468 e. The maximum atomic E-state index is 12.6. The van der Waals surface area contributed by atoms with E-state index in [-0.39, 0.29) is 11.7 Å². The van der Waals surface area contributed by atoms with Crippen LogP contribution in [0.5, 0.6) is 0 Å². The van der Waals surface area contributed by atoms with Crippen LogP contribution < -0.4 is 0 Å². The van der Waals surface area contributed by atoms with Gasteiger partial charge in [0, 0.05) is 5.92 Å². The van der Waals surface area contributed by atoms with Crippen molar-refractivity contribution in [1.82, 2.24) is 0 Å². The number of ketones is 1. The molecule has 0 aromatic heterocycles. The fourth-order valence-electron chi connectivity index (χ4n) is 3.72. The van der Waals surface area contributed by atoms with Crippen LogP contribution in [0.3, 0.4) is 0 Å². The van der Waals surface area contributed by atoms with Crippen LogP contribution in [-0.4, -0.2) is 31.9 Å². The number of methoxy groups -OCH3 is 2. The van der Waals surface area contributed by atoms with Crippen LogP contribution in [0.4, 0.5) is 0 Å². The predicted molar refractivity (Wildman–Crippen MR) is 75.1 cm³/mol. The highest BCUT2D eigenvalue weighted by molar-refractivity contribution is 6.12. The van der Waals surface area contributed by atoms with Crippen LogP contribution in [0.2, 0.25) is 0 Å². The molecule has 0 N–H and O–H groups in total. The molecule has 21 heavy (non-hydrogen) atoms. The van der Waals surface area contributed by atoms with Crippen molar-refractivity contribution >= 4 is 17.7 Å². The molecule has 2 rings (SSSR count). The van der Waals surface area contributed by atoms with Gasteiger partial charge < -0.3 is 9.47 Å². The minimum atomic E-state index is -1.36. The van der Waals surface area contributed by atoms with E-state index in [1.165, 1.54) is 20.3 Å². The highest BCUT2D eigenvalue weighted by Crippen LogP contribution is 2.55. The smallest absolute Gasteiger partial charge is 0.320 e. The Morgan fingerprint density at radius 3 is 2.43 bits per heavy atom. The number of carbonyl (C=O) groups is 3.